The van der Waals surface area contributed by atoms with E-state index in [0.29, 0.717) is 35.9 Å². The highest BCUT2D eigenvalue weighted by molar-refractivity contribution is 7.73. The van der Waals surface area contributed by atoms with Crippen molar-refractivity contribution in [2.75, 3.05) is 19.6 Å². The molecule has 1 aliphatic carbocycles. The van der Waals surface area contributed by atoms with Gasteiger partial charge in [0.2, 0.25) is 5.91 Å². The minimum atomic E-state index is -4.54. The Morgan fingerprint density at radius 2 is 1.92 bits per heavy atom. The van der Waals surface area contributed by atoms with E-state index in [1.807, 2.05) is 13.8 Å². The SMILES string of the molecule is CC.O=C(CNC(=O)c1cccc(C(F)(F)F)c1)NC1CN(C2CCC(O)(c3c[nH]c(=S)s3)CC2)C1. The smallest absolute Gasteiger partial charge is 0.384 e. The maximum atomic E-state index is 12.8. The Hall–Kier alpha value is -2.28. The fourth-order valence-corrected chi connectivity index (χ4v) is 5.64. The average Bonchev–Trinajstić information content (AvgIpc) is 3.28. The highest BCUT2D eigenvalue weighted by Gasteiger charge is 2.41. The average molecular weight is 545 g/mol. The van der Waals surface area contributed by atoms with Crippen molar-refractivity contribution in [3.8, 4) is 0 Å². The minimum absolute atomic E-state index is 0.0477. The lowest BCUT2D eigenvalue weighted by molar-refractivity contribution is -0.137. The molecule has 0 atom stereocenters. The topological polar surface area (TPSA) is 97.5 Å². The zero-order chi connectivity index (χ0) is 26.5. The molecule has 2 aromatic rings. The number of thiazole rings is 1. The van der Waals surface area contributed by atoms with Gasteiger partial charge in [-0.2, -0.15) is 13.2 Å². The molecular formula is C24H31F3N4O3S2. The zero-order valence-electron chi connectivity index (χ0n) is 20.2. The molecule has 2 amide bonds. The van der Waals surface area contributed by atoms with Crippen LogP contribution < -0.4 is 10.6 Å². The maximum Gasteiger partial charge on any atom is 0.416 e. The molecule has 1 saturated carbocycles. The van der Waals surface area contributed by atoms with Gasteiger partial charge < -0.3 is 20.7 Å². The van der Waals surface area contributed by atoms with E-state index in [9.17, 15) is 27.9 Å². The van der Waals surface area contributed by atoms with E-state index in [1.54, 1.807) is 6.20 Å². The molecule has 12 heteroatoms. The molecule has 2 fully saturated rings. The van der Waals surface area contributed by atoms with Crippen molar-refractivity contribution in [1.29, 1.82) is 0 Å². The number of rotatable bonds is 6. The number of hydrogen-bond acceptors (Lipinski definition) is 6. The lowest BCUT2D eigenvalue weighted by atomic mass is 9.80. The van der Waals surface area contributed by atoms with Crippen LogP contribution in [0.2, 0.25) is 0 Å². The predicted octanol–water partition coefficient (Wildman–Crippen LogP) is 4.21. The molecule has 1 aliphatic heterocycles. The van der Waals surface area contributed by atoms with Crippen LogP contribution in [-0.4, -0.2) is 58.5 Å². The van der Waals surface area contributed by atoms with Gasteiger partial charge >= 0.3 is 6.18 Å². The molecule has 2 aliphatic rings. The van der Waals surface area contributed by atoms with E-state index in [2.05, 4.69) is 20.5 Å². The molecule has 4 N–H and O–H groups in total. The first-order valence-electron chi connectivity index (χ1n) is 11.9. The molecule has 0 spiro atoms. The second kappa shape index (κ2) is 11.8. The summed E-state index contributed by atoms with van der Waals surface area (Å²) in [6.07, 6.45) is 0.224. The van der Waals surface area contributed by atoms with Crippen molar-refractivity contribution in [2.24, 2.45) is 0 Å². The van der Waals surface area contributed by atoms with Crippen molar-refractivity contribution in [3.05, 3.63) is 50.4 Å². The van der Waals surface area contributed by atoms with E-state index >= 15 is 0 Å². The number of amides is 2. The quantitative estimate of drug-likeness (QED) is 0.409. The third-order valence-electron chi connectivity index (χ3n) is 6.42. The van der Waals surface area contributed by atoms with Gasteiger partial charge in [0.1, 0.15) is 5.60 Å². The number of nitrogens with zero attached hydrogens (tertiary/aromatic N) is 1. The Morgan fingerprint density at radius 3 is 2.50 bits per heavy atom. The first kappa shape index (κ1) is 28.3. The summed E-state index contributed by atoms with van der Waals surface area (Å²) < 4.78 is 39.1. The molecule has 198 valence electrons. The summed E-state index contributed by atoms with van der Waals surface area (Å²) in [7, 11) is 0. The number of carbonyl (C=O) groups excluding carboxylic acids is 2. The van der Waals surface area contributed by atoms with Crippen molar-refractivity contribution >= 4 is 35.4 Å². The molecule has 0 bridgehead atoms. The van der Waals surface area contributed by atoms with E-state index in [4.69, 9.17) is 12.2 Å². The van der Waals surface area contributed by atoms with Crippen LogP contribution in [0.3, 0.4) is 0 Å². The lowest BCUT2D eigenvalue weighted by Gasteiger charge is -2.48. The van der Waals surface area contributed by atoms with Crippen LogP contribution in [0.4, 0.5) is 13.2 Å². The van der Waals surface area contributed by atoms with Gasteiger partial charge in [-0.05, 0) is 56.1 Å². The molecule has 1 saturated heterocycles. The van der Waals surface area contributed by atoms with Gasteiger partial charge in [-0.1, -0.05) is 19.9 Å². The third-order valence-corrected chi connectivity index (χ3v) is 7.81. The Labute approximate surface area is 217 Å². The molecule has 0 radical (unpaired) electrons. The van der Waals surface area contributed by atoms with Gasteiger partial charge in [-0.3, -0.25) is 14.5 Å². The summed E-state index contributed by atoms with van der Waals surface area (Å²) in [5, 5.41) is 16.1. The Kier molecular flexibility index (Phi) is 9.31. The Balaban J connectivity index is 0.00000176. The number of aliphatic hydroxyl groups is 1. The number of benzene rings is 1. The molecular weight excluding hydrogens is 513 g/mol. The van der Waals surface area contributed by atoms with Crippen molar-refractivity contribution in [2.45, 2.75) is 63.4 Å². The molecule has 36 heavy (non-hydrogen) atoms. The molecule has 7 nitrogen and oxygen atoms in total. The number of likely N-dealkylation sites (tertiary alicyclic amines) is 1. The number of carbonyl (C=O) groups is 2. The minimum Gasteiger partial charge on any atom is -0.384 e. The van der Waals surface area contributed by atoms with Gasteiger partial charge in [0.05, 0.1) is 23.0 Å². The van der Waals surface area contributed by atoms with E-state index < -0.39 is 29.2 Å². The second-order valence-corrected chi connectivity index (χ2v) is 10.5. The third kappa shape index (κ3) is 6.93. The van der Waals surface area contributed by atoms with Gasteiger partial charge in [0, 0.05) is 30.9 Å². The monoisotopic (exact) mass is 544 g/mol. The summed E-state index contributed by atoms with van der Waals surface area (Å²) in [6, 6.07) is 4.35. The lowest BCUT2D eigenvalue weighted by Crippen LogP contribution is -2.63. The zero-order valence-corrected chi connectivity index (χ0v) is 21.8. The van der Waals surface area contributed by atoms with Crippen LogP contribution in [0.15, 0.2) is 30.5 Å². The highest BCUT2D eigenvalue weighted by atomic mass is 32.1. The number of alkyl halides is 3. The van der Waals surface area contributed by atoms with Crippen LogP contribution in [0, 0.1) is 3.95 Å². The second-order valence-electron chi connectivity index (χ2n) is 8.78. The molecule has 0 unspecified atom stereocenters. The summed E-state index contributed by atoms with van der Waals surface area (Å²) in [5.41, 5.74) is -1.91. The van der Waals surface area contributed by atoms with Crippen LogP contribution in [0.25, 0.3) is 0 Å². The standard InChI is InChI=1S/C22H25F3N4O3S2.C2H6/c23-22(24,25)14-3-1-2-13(8-14)19(31)26-10-18(30)28-15-11-29(12-15)16-4-6-21(32,7-5-16)17-9-27-20(33)34-17;1-2/h1-3,8-9,15-16,32H,4-7,10-12H2,(H,26,31)(H,27,33)(H,28,30);1-2H3. The van der Waals surface area contributed by atoms with E-state index in [1.165, 1.54) is 17.4 Å². The highest BCUT2D eigenvalue weighted by Crippen LogP contribution is 2.41. The first-order chi connectivity index (χ1) is 17.0. The Morgan fingerprint density at radius 1 is 1.25 bits per heavy atom. The van der Waals surface area contributed by atoms with Gasteiger partial charge in [0.25, 0.3) is 5.91 Å². The van der Waals surface area contributed by atoms with Crippen LogP contribution >= 0.6 is 23.6 Å². The number of hydrogen-bond donors (Lipinski definition) is 4. The molecule has 4 rings (SSSR count). The fraction of sp³-hybridized carbons (Fsp3) is 0.542. The normalized spacial score (nSPS) is 22.7. The van der Waals surface area contributed by atoms with E-state index in [0.717, 1.165) is 35.9 Å². The molecule has 2 heterocycles. The summed E-state index contributed by atoms with van der Waals surface area (Å²) in [5.74, 6) is -1.13. The van der Waals surface area contributed by atoms with Crippen LogP contribution in [0.1, 0.15) is 60.3 Å². The number of aromatic nitrogens is 1. The van der Waals surface area contributed by atoms with E-state index in [-0.39, 0.29) is 18.2 Å². The Bertz CT molecular complexity index is 1100. The first-order valence-corrected chi connectivity index (χ1v) is 13.2. The number of nitrogens with one attached hydrogen (secondary N) is 3. The number of aromatic amines is 1. The molecule has 1 aromatic heterocycles. The summed E-state index contributed by atoms with van der Waals surface area (Å²) in [6.45, 7) is 5.05. The van der Waals surface area contributed by atoms with Gasteiger partial charge in [-0.15, -0.1) is 11.3 Å². The summed E-state index contributed by atoms with van der Waals surface area (Å²) in [4.78, 5) is 30.4. The predicted molar refractivity (Wildman–Crippen MR) is 134 cm³/mol. The van der Waals surface area contributed by atoms with Gasteiger partial charge in [0.15, 0.2) is 3.95 Å². The largest absolute Gasteiger partial charge is 0.416 e. The number of H-pyrrole nitrogens is 1. The number of halogens is 3. The summed E-state index contributed by atoms with van der Waals surface area (Å²) >= 11 is 6.52. The van der Waals surface area contributed by atoms with Gasteiger partial charge in [-0.25, -0.2) is 0 Å². The van der Waals surface area contributed by atoms with Crippen LogP contribution in [0.5, 0.6) is 0 Å². The van der Waals surface area contributed by atoms with Crippen LogP contribution in [-0.2, 0) is 16.6 Å². The fourth-order valence-electron chi connectivity index (χ4n) is 4.48. The van der Waals surface area contributed by atoms with Crippen molar-refractivity contribution < 1.29 is 27.9 Å². The molecule has 1 aromatic carbocycles. The maximum absolute atomic E-state index is 12.8. The van der Waals surface area contributed by atoms with Crippen molar-refractivity contribution in [1.82, 2.24) is 20.5 Å². The van der Waals surface area contributed by atoms with Crippen molar-refractivity contribution in [3.63, 3.8) is 0 Å².